The summed E-state index contributed by atoms with van der Waals surface area (Å²) in [6.07, 6.45) is 4.87. The lowest BCUT2D eigenvalue weighted by molar-refractivity contribution is -0.124. The van der Waals surface area contributed by atoms with E-state index in [2.05, 4.69) is 10.2 Å². The largest absolute Gasteiger partial charge is 0.355 e. The van der Waals surface area contributed by atoms with E-state index in [9.17, 15) is 9.59 Å². The van der Waals surface area contributed by atoms with E-state index in [-0.39, 0.29) is 23.8 Å². The molecule has 1 fully saturated rings. The summed E-state index contributed by atoms with van der Waals surface area (Å²) in [5, 5.41) is 5.16. The number of fused-ring (bicyclic) bond motifs is 1. The van der Waals surface area contributed by atoms with Gasteiger partial charge in [-0.15, -0.1) is 11.3 Å². The molecule has 0 bridgehead atoms. The van der Waals surface area contributed by atoms with E-state index in [4.69, 9.17) is 0 Å². The first-order chi connectivity index (χ1) is 14.2. The zero-order valence-electron chi connectivity index (χ0n) is 17.0. The number of rotatable bonds is 6. The molecule has 5 nitrogen and oxygen atoms in total. The molecule has 6 heteroatoms. The average molecular weight is 412 g/mol. The van der Waals surface area contributed by atoms with Gasteiger partial charge in [0.1, 0.15) is 0 Å². The van der Waals surface area contributed by atoms with E-state index < -0.39 is 0 Å². The third kappa shape index (κ3) is 4.23. The first kappa shape index (κ1) is 20.1. The minimum absolute atomic E-state index is 0.00819. The van der Waals surface area contributed by atoms with Crippen LogP contribution >= 0.6 is 11.3 Å². The van der Waals surface area contributed by atoms with E-state index in [0.29, 0.717) is 12.1 Å². The fourth-order valence-corrected chi connectivity index (χ4v) is 5.48. The third-order valence-electron chi connectivity index (χ3n) is 6.10. The number of piperidine rings is 1. The standard InChI is InChI=1S/C23H29N3O2S/c1-25-21(19-11-7-16-29-19)20(17-9-3-4-10-18(17)23(25)28)22(27)24-12-8-15-26-13-5-2-6-14-26/h3-4,7,9-11,16,20-21H,2,5-6,8,12-15H2,1H3,(H,24,27)/t20-,21-/m1/s1. The van der Waals surface area contributed by atoms with Gasteiger partial charge in [-0.3, -0.25) is 9.59 Å². The molecule has 154 valence electrons. The Balaban J connectivity index is 1.49. The zero-order chi connectivity index (χ0) is 20.2. The van der Waals surface area contributed by atoms with E-state index >= 15 is 0 Å². The molecular formula is C23H29N3O2S. The minimum atomic E-state index is -0.387. The molecule has 2 aliphatic heterocycles. The molecular weight excluding hydrogens is 382 g/mol. The molecule has 0 unspecified atom stereocenters. The number of carbonyl (C=O) groups excluding carboxylic acids is 2. The second-order valence-corrected chi connectivity index (χ2v) is 8.97. The van der Waals surface area contributed by atoms with Crippen molar-refractivity contribution < 1.29 is 9.59 Å². The Kier molecular flexibility index (Phi) is 6.31. The van der Waals surface area contributed by atoms with Crippen molar-refractivity contribution in [1.82, 2.24) is 15.1 Å². The molecule has 3 heterocycles. The Morgan fingerprint density at radius 2 is 1.93 bits per heavy atom. The van der Waals surface area contributed by atoms with Crippen molar-refractivity contribution in [3.8, 4) is 0 Å². The van der Waals surface area contributed by atoms with Gasteiger partial charge >= 0.3 is 0 Å². The number of likely N-dealkylation sites (tertiary alicyclic amines) is 1. The average Bonchev–Trinajstić information content (AvgIpc) is 3.28. The Morgan fingerprint density at radius 3 is 2.69 bits per heavy atom. The summed E-state index contributed by atoms with van der Waals surface area (Å²) in [7, 11) is 1.80. The van der Waals surface area contributed by atoms with Crippen LogP contribution in [0.25, 0.3) is 0 Å². The van der Waals surface area contributed by atoms with Gasteiger partial charge in [0.05, 0.1) is 12.0 Å². The minimum Gasteiger partial charge on any atom is -0.355 e. The first-order valence-electron chi connectivity index (χ1n) is 10.6. The van der Waals surface area contributed by atoms with Crippen molar-refractivity contribution >= 4 is 23.2 Å². The quantitative estimate of drug-likeness (QED) is 0.738. The summed E-state index contributed by atoms with van der Waals surface area (Å²) in [6.45, 7) is 4.06. The summed E-state index contributed by atoms with van der Waals surface area (Å²) >= 11 is 1.60. The Morgan fingerprint density at radius 1 is 1.14 bits per heavy atom. The van der Waals surface area contributed by atoms with Crippen LogP contribution in [0.3, 0.4) is 0 Å². The SMILES string of the molecule is CN1C(=O)c2ccccc2[C@@H](C(=O)NCCCN2CCCCC2)[C@H]1c1cccs1. The summed E-state index contributed by atoms with van der Waals surface area (Å²) in [5.41, 5.74) is 1.47. The number of likely N-dealkylation sites (N-methyl/N-ethyl adjacent to an activating group) is 1. The highest BCUT2D eigenvalue weighted by molar-refractivity contribution is 7.10. The van der Waals surface area contributed by atoms with Crippen LogP contribution < -0.4 is 5.32 Å². The Bertz CT molecular complexity index is 846. The van der Waals surface area contributed by atoms with Crippen LogP contribution in [0.15, 0.2) is 41.8 Å². The molecule has 1 aromatic carbocycles. The monoisotopic (exact) mass is 411 g/mol. The van der Waals surface area contributed by atoms with Crippen LogP contribution in [0.4, 0.5) is 0 Å². The second kappa shape index (κ2) is 9.09. The lowest BCUT2D eigenvalue weighted by Gasteiger charge is -2.39. The Labute approximate surface area is 176 Å². The van der Waals surface area contributed by atoms with E-state index in [1.165, 1.54) is 32.4 Å². The molecule has 1 N–H and O–H groups in total. The van der Waals surface area contributed by atoms with Gasteiger partial charge in [0.15, 0.2) is 0 Å². The van der Waals surface area contributed by atoms with Gasteiger partial charge in [-0.1, -0.05) is 30.7 Å². The summed E-state index contributed by atoms with van der Waals surface area (Å²) < 4.78 is 0. The number of hydrogen-bond acceptors (Lipinski definition) is 4. The molecule has 1 aromatic heterocycles. The van der Waals surface area contributed by atoms with Gasteiger partial charge in [0.2, 0.25) is 5.91 Å². The van der Waals surface area contributed by atoms with Gasteiger partial charge in [-0.05, 0) is 62.0 Å². The molecule has 1 saturated heterocycles. The van der Waals surface area contributed by atoms with Gasteiger partial charge in [0, 0.05) is 24.0 Å². The fraction of sp³-hybridized carbons (Fsp3) is 0.478. The van der Waals surface area contributed by atoms with Crippen LogP contribution in [0.5, 0.6) is 0 Å². The summed E-state index contributed by atoms with van der Waals surface area (Å²) in [4.78, 5) is 31.5. The van der Waals surface area contributed by atoms with Crippen molar-refractivity contribution in [2.75, 3.05) is 33.2 Å². The Hall–Kier alpha value is -2.18. The molecule has 2 atom stereocenters. The van der Waals surface area contributed by atoms with Crippen molar-refractivity contribution in [3.05, 3.63) is 57.8 Å². The lowest BCUT2D eigenvalue weighted by atomic mass is 9.81. The lowest BCUT2D eigenvalue weighted by Crippen LogP contribution is -2.45. The molecule has 29 heavy (non-hydrogen) atoms. The van der Waals surface area contributed by atoms with Crippen molar-refractivity contribution in [3.63, 3.8) is 0 Å². The first-order valence-corrected chi connectivity index (χ1v) is 11.4. The number of benzene rings is 1. The van der Waals surface area contributed by atoms with Gasteiger partial charge < -0.3 is 15.1 Å². The number of hydrogen-bond donors (Lipinski definition) is 1. The molecule has 2 aliphatic rings. The third-order valence-corrected chi connectivity index (χ3v) is 7.04. The number of amides is 2. The second-order valence-electron chi connectivity index (χ2n) is 7.99. The number of nitrogens with zero attached hydrogens (tertiary/aromatic N) is 2. The van der Waals surface area contributed by atoms with Crippen LogP contribution in [-0.4, -0.2) is 54.8 Å². The molecule has 0 aliphatic carbocycles. The van der Waals surface area contributed by atoms with Crippen molar-refractivity contribution in [1.29, 1.82) is 0 Å². The normalized spacial score (nSPS) is 22.4. The predicted molar refractivity (Wildman–Crippen MR) is 116 cm³/mol. The number of thiophene rings is 1. The van der Waals surface area contributed by atoms with Gasteiger partial charge in [-0.2, -0.15) is 0 Å². The van der Waals surface area contributed by atoms with Crippen molar-refractivity contribution in [2.45, 2.75) is 37.6 Å². The number of nitrogens with one attached hydrogen (secondary N) is 1. The zero-order valence-corrected chi connectivity index (χ0v) is 17.8. The van der Waals surface area contributed by atoms with Gasteiger partial charge in [0.25, 0.3) is 5.91 Å². The highest BCUT2D eigenvalue weighted by Crippen LogP contribution is 2.43. The molecule has 0 radical (unpaired) electrons. The van der Waals surface area contributed by atoms with E-state index in [0.717, 1.165) is 23.4 Å². The van der Waals surface area contributed by atoms with Gasteiger partial charge in [-0.25, -0.2) is 0 Å². The van der Waals surface area contributed by atoms with Crippen LogP contribution in [0.2, 0.25) is 0 Å². The molecule has 2 aromatic rings. The predicted octanol–water partition coefficient (Wildman–Crippen LogP) is 3.65. The van der Waals surface area contributed by atoms with E-state index in [1.54, 1.807) is 23.3 Å². The molecule has 0 saturated carbocycles. The highest BCUT2D eigenvalue weighted by atomic mass is 32.1. The summed E-state index contributed by atoms with van der Waals surface area (Å²) in [6, 6.07) is 11.3. The number of carbonyl (C=O) groups is 2. The van der Waals surface area contributed by atoms with Crippen molar-refractivity contribution in [2.24, 2.45) is 0 Å². The van der Waals surface area contributed by atoms with Crippen LogP contribution in [-0.2, 0) is 4.79 Å². The fourth-order valence-electron chi connectivity index (χ4n) is 4.58. The molecule has 4 rings (SSSR count). The van der Waals surface area contributed by atoms with Crippen LogP contribution in [0.1, 0.15) is 58.4 Å². The maximum Gasteiger partial charge on any atom is 0.254 e. The topological polar surface area (TPSA) is 52.7 Å². The summed E-state index contributed by atoms with van der Waals surface area (Å²) in [5.74, 6) is -0.399. The molecule has 0 spiro atoms. The molecule has 2 amide bonds. The van der Waals surface area contributed by atoms with Crippen LogP contribution in [0, 0.1) is 0 Å². The smallest absolute Gasteiger partial charge is 0.254 e. The maximum atomic E-state index is 13.3. The maximum absolute atomic E-state index is 13.3. The van der Waals surface area contributed by atoms with E-state index in [1.807, 2.05) is 41.8 Å². The highest BCUT2D eigenvalue weighted by Gasteiger charge is 2.42.